The number of halogens is 1. The number of aryl methyl sites for hydroxylation is 2. The van der Waals surface area contributed by atoms with Gasteiger partial charge in [0, 0.05) is 18.1 Å². The van der Waals surface area contributed by atoms with Gasteiger partial charge in [-0.2, -0.15) is 5.10 Å². The monoisotopic (exact) mass is 314 g/mol. The number of sulfonamides is 1. The van der Waals surface area contributed by atoms with Crippen molar-refractivity contribution in [2.75, 3.05) is 6.54 Å². The van der Waals surface area contributed by atoms with Gasteiger partial charge in [0.15, 0.2) is 0 Å². The number of nitrogens with zero attached hydrogens (tertiary/aromatic N) is 3. The highest BCUT2D eigenvalue weighted by Crippen LogP contribution is 2.19. The first-order chi connectivity index (χ1) is 9.49. The van der Waals surface area contributed by atoms with Crippen LogP contribution in [-0.2, 0) is 16.6 Å². The molecule has 0 aliphatic heterocycles. The second kappa shape index (κ2) is 6.34. The van der Waals surface area contributed by atoms with E-state index < -0.39 is 10.0 Å². The third-order valence-electron chi connectivity index (χ3n) is 2.76. The third kappa shape index (κ3) is 3.78. The minimum Gasteiger partial charge on any atom is -0.253 e. The fourth-order valence-corrected chi connectivity index (χ4v) is 3.32. The highest BCUT2D eigenvalue weighted by atomic mass is 35.5. The van der Waals surface area contributed by atoms with Crippen LogP contribution < -0.4 is 4.72 Å². The topological polar surface area (TPSA) is 76.9 Å². The Hall–Kier alpha value is -1.44. The van der Waals surface area contributed by atoms with Crippen LogP contribution in [0.5, 0.6) is 0 Å². The van der Waals surface area contributed by atoms with Crippen molar-refractivity contribution >= 4 is 21.6 Å². The van der Waals surface area contributed by atoms with E-state index >= 15 is 0 Å². The highest BCUT2D eigenvalue weighted by Gasteiger charge is 2.16. The number of benzene rings is 1. The molecule has 2 aromatic rings. The van der Waals surface area contributed by atoms with Gasteiger partial charge in [0.25, 0.3) is 0 Å². The summed E-state index contributed by atoms with van der Waals surface area (Å²) in [6.07, 6.45) is 3.66. The lowest BCUT2D eigenvalue weighted by molar-refractivity contribution is 0.552. The molecular formula is C12H15ClN4O2S. The molecule has 0 bridgehead atoms. The second-order valence-corrected chi connectivity index (χ2v) is 6.49. The van der Waals surface area contributed by atoms with Crippen LogP contribution in [0.25, 0.3) is 0 Å². The van der Waals surface area contributed by atoms with Crippen molar-refractivity contribution < 1.29 is 8.42 Å². The normalized spacial score (nSPS) is 11.7. The van der Waals surface area contributed by atoms with Crippen molar-refractivity contribution in [3.8, 4) is 0 Å². The number of nitrogens with one attached hydrogen (secondary N) is 1. The zero-order chi connectivity index (χ0) is 14.6. The molecule has 0 aliphatic carbocycles. The van der Waals surface area contributed by atoms with E-state index in [0.29, 0.717) is 30.1 Å². The van der Waals surface area contributed by atoms with Gasteiger partial charge in [-0.3, -0.25) is 4.68 Å². The molecule has 0 saturated heterocycles. The van der Waals surface area contributed by atoms with E-state index in [1.807, 2.05) is 0 Å². The molecule has 1 heterocycles. The van der Waals surface area contributed by atoms with Gasteiger partial charge in [-0.05, 0) is 31.0 Å². The number of hydrogen-bond donors (Lipinski definition) is 1. The molecule has 1 aromatic heterocycles. The molecule has 2 rings (SSSR count). The fourth-order valence-electron chi connectivity index (χ4n) is 1.74. The molecule has 0 radical (unpaired) electrons. The summed E-state index contributed by atoms with van der Waals surface area (Å²) in [6, 6.07) is 4.81. The SMILES string of the molecule is Cc1ccc(Cl)cc1S(=O)(=O)NCCCn1cncn1. The van der Waals surface area contributed by atoms with Crippen molar-refractivity contribution in [2.45, 2.75) is 24.8 Å². The van der Waals surface area contributed by atoms with Crippen molar-refractivity contribution in [1.29, 1.82) is 0 Å². The maximum absolute atomic E-state index is 12.2. The summed E-state index contributed by atoms with van der Waals surface area (Å²) in [5.74, 6) is 0. The third-order valence-corrected chi connectivity index (χ3v) is 4.60. The molecule has 0 fully saturated rings. The minimum atomic E-state index is -3.53. The molecule has 108 valence electrons. The highest BCUT2D eigenvalue weighted by molar-refractivity contribution is 7.89. The molecule has 0 aliphatic rings. The summed E-state index contributed by atoms with van der Waals surface area (Å²) >= 11 is 5.84. The molecular weight excluding hydrogens is 300 g/mol. The maximum atomic E-state index is 12.2. The molecule has 20 heavy (non-hydrogen) atoms. The Morgan fingerprint density at radius 3 is 2.90 bits per heavy atom. The van der Waals surface area contributed by atoms with Gasteiger partial charge in [-0.1, -0.05) is 17.7 Å². The van der Waals surface area contributed by atoms with Crippen LogP contribution in [0.3, 0.4) is 0 Å². The summed E-state index contributed by atoms with van der Waals surface area (Å²) < 4.78 is 28.5. The van der Waals surface area contributed by atoms with Crippen LogP contribution in [-0.4, -0.2) is 29.7 Å². The Balaban J connectivity index is 1.95. The standard InChI is InChI=1S/C12H15ClN4O2S/c1-10-3-4-11(13)7-12(10)20(18,19)16-5-2-6-17-9-14-8-15-17/h3-4,7-9,16H,2,5-6H2,1H3. The van der Waals surface area contributed by atoms with Gasteiger partial charge in [-0.15, -0.1) is 0 Å². The molecule has 1 N–H and O–H groups in total. The van der Waals surface area contributed by atoms with Gasteiger partial charge in [0.2, 0.25) is 10.0 Å². The minimum absolute atomic E-state index is 0.214. The van der Waals surface area contributed by atoms with Gasteiger partial charge >= 0.3 is 0 Å². The average Bonchev–Trinajstić information content (AvgIpc) is 2.90. The molecule has 8 heteroatoms. The first-order valence-corrected chi connectivity index (χ1v) is 7.93. The molecule has 6 nitrogen and oxygen atoms in total. The first kappa shape index (κ1) is 15.0. The van der Waals surface area contributed by atoms with Crippen LogP contribution >= 0.6 is 11.6 Å². The van der Waals surface area contributed by atoms with E-state index in [2.05, 4.69) is 14.8 Å². The molecule has 1 aromatic carbocycles. The largest absolute Gasteiger partial charge is 0.253 e. The van der Waals surface area contributed by atoms with Gasteiger partial charge in [0.1, 0.15) is 12.7 Å². The predicted molar refractivity (Wildman–Crippen MR) is 76.0 cm³/mol. The Bertz CT molecular complexity index is 671. The predicted octanol–water partition coefficient (Wildman–Crippen LogP) is 1.61. The molecule has 0 saturated carbocycles. The lowest BCUT2D eigenvalue weighted by atomic mass is 10.2. The molecule has 0 spiro atoms. The van der Waals surface area contributed by atoms with E-state index in [4.69, 9.17) is 11.6 Å². The Labute approximate surface area is 122 Å². The fraction of sp³-hybridized carbons (Fsp3) is 0.333. The molecule has 0 amide bonds. The van der Waals surface area contributed by atoms with E-state index in [0.717, 1.165) is 0 Å². The van der Waals surface area contributed by atoms with Crippen molar-refractivity contribution in [2.24, 2.45) is 0 Å². The lowest BCUT2D eigenvalue weighted by Gasteiger charge is -2.09. The summed E-state index contributed by atoms with van der Waals surface area (Å²) in [6.45, 7) is 2.67. The molecule has 0 atom stereocenters. The van der Waals surface area contributed by atoms with Crippen LogP contribution in [0.4, 0.5) is 0 Å². The van der Waals surface area contributed by atoms with Crippen molar-refractivity contribution in [3.63, 3.8) is 0 Å². The van der Waals surface area contributed by atoms with Gasteiger partial charge < -0.3 is 0 Å². The van der Waals surface area contributed by atoms with Crippen molar-refractivity contribution in [3.05, 3.63) is 41.4 Å². The van der Waals surface area contributed by atoms with Gasteiger partial charge in [0.05, 0.1) is 4.90 Å². The van der Waals surface area contributed by atoms with Crippen LogP contribution in [0.2, 0.25) is 5.02 Å². The lowest BCUT2D eigenvalue weighted by Crippen LogP contribution is -2.26. The smallest absolute Gasteiger partial charge is 0.240 e. The quantitative estimate of drug-likeness (QED) is 0.822. The zero-order valence-electron chi connectivity index (χ0n) is 11.0. The van der Waals surface area contributed by atoms with E-state index in [1.54, 1.807) is 30.1 Å². The maximum Gasteiger partial charge on any atom is 0.240 e. The number of hydrogen-bond acceptors (Lipinski definition) is 4. The second-order valence-electron chi connectivity index (χ2n) is 4.32. The average molecular weight is 315 g/mol. The molecule has 0 unspecified atom stereocenters. The summed E-state index contributed by atoms with van der Waals surface area (Å²) in [7, 11) is -3.53. The number of rotatable bonds is 6. The summed E-state index contributed by atoms with van der Waals surface area (Å²) in [4.78, 5) is 4.03. The van der Waals surface area contributed by atoms with Gasteiger partial charge in [-0.25, -0.2) is 18.1 Å². The zero-order valence-corrected chi connectivity index (χ0v) is 12.5. The Kier molecular flexibility index (Phi) is 4.74. The van der Waals surface area contributed by atoms with Crippen LogP contribution in [0.1, 0.15) is 12.0 Å². The van der Waals surface area contributed by atoms with E-state index in [1.165, 1.54) is 12.4 Å². The summed E-state index contributed by atoms with van der Waals surface area (Å²) in [5, 5.41) is 4.35. The van der Waals surface area contributed by atoms with E-state index in [-0.39, 0.29) is 4.90 Å². The Morgan fingerprint density at radius 1 is 1.40 bits per heavy atom. The van der Waals surface area contributed by atoms with Crippen molar-refractivity contribution in [1.82, 2.24) is 19.5 Å². The first-order valence-electron chi connectivity index (χ1n) is 6.07. The Morgan fingerprint density at radius 2 is 2.20 bits per heavy atom. The number of aromatic nitrogens is 3. The summed E-state index contributed by atoms with van der Waals surface area (Å²) in [5.41, 5.74) is 0.665. The van der Waals surface area contributed by atoms with Crippen LogP contribution in [0.15, 0.2) is 35.7 Å². The van der Waals surface area contributed by atoms with Crippen LogP contribution in [0, 0.1) is 6.92 Å². The van der Waals surface area contributed by atoms with E-state index in [9.17, 15) is 8.42 Å².